The second-order valence-corrected chi connectivity index (χ2v) is 4.04. The van der Waals surface area contributed by atoms with Gasteiger partial charge in [0.05, 0.1) is 17.9 Å². The second kappa shape index (κ2) is 5.46. The van der Waals surface area contributed by atoms with E-state index in [0.717, 1.165) is 23.6 Å². The molecule has 0 saturated heterocycles. The maximum Gasteiger partial charge on any atom is 0.0598 e. The zero-order valence-corrected chi connectivity index (χ0v) is 9.98. The van der Waals surface area contributed by atoms with Gasteiger partial charge in [-0.2, -0.15) is 0 Å². The second-order valence-electron chi connectivity index (χ2n) is 4.04. The van der Waals surface area contributed by atoms with Crippen LogP contribution in [0.5, 0.6) is 0 Å². The molecule has 0 amide bonds. The standard InChI is InChI=1S/C14H17N3/c1-11-5-7-12(8-6-11)16-10-14-4-2-3-13(9-15)17-14/h2-8,16H,9-10,15H2,1H3. The first-order valence-electron chi connectivity index (χ1n) is 5.73. The molecule has 1 aromatic carbocycles. The summed E-state index contributed by atoms with van der Waals surface area (Å²) in [6.07, 6.45) is 0. The fourth-order valence-electron chi connectivity index (χ4n) is 1.61. The van der Waals surface area contributed by atoms with E-state index in [9.17, 15) is 0 Å². The van der Waals surface area contributed by atoms with Crippen molar-refractivity contribution in [2.45, 2.75) is 20.0 Å². The Morgan fingerprint density at radius 2 is 1.76 bits per heavy atom. The molecule has 17 heavy (non-hydrogen) atoms. The van der Waals surface area contributed by atoms with Crippen LogP contribution in [-0.4, -0.2) is 4.98 Å². The number of hydrogen-bond acceptors (Lipinski definition) is 3. The van der Waals surface area contributed by atoms with Crippen LogP contribution in [0.15, 0.2) is 42.5 Å². The molecule has 2 rings (SSSR count). The van der Waals surface area contributed by atoms with Gasteiger partial charge in [-0.05, 0) is 31.2 Å². The highest BCUT2D eigenvalue weighted by Gasteiger charge is 1.97. The summed E-state index contributed by atoms with van der Waals surface area (Å²) in [6, 6.07) is 14.2. The van der Waals surface area contributed by atoms with Gasteiger partial charge in [-0.3, -0.25) is 4.98 Å². The number of rotatable bonds is 4. The van der Waals surface area contributed by atoms with Gasteiger partial charge in [-0.1, -0.05) is 23.8 Å². The Labute approximate surface area is 102 Å². The van der Waals surface area contributed by atoms with Crippen molar-refractivity contribution < 1.29 is 0 Å². The summed E-state index contributed by atoms with van der Waals surface area (Å²) in [4.78, 5) is 4.44. The molecule has 0 saturated carbocycles. The minimum atomic E-state index is 0.484. The monoisotopic (exact) mass is 227 g/mol. The first kappa shape index (κ1) is 11.6. The average molecular weight is 227 g/mol. The van der Waals surface area contributed by atoms with Gasteiger partial charge >= 0.3 is 0 Å². The Bertz CT molecular complexity index is 477. The number of hydrogen-bond donors (Lipinski definition) is 2. The lowest BCUT2D eigenvalue weighted by atomic mass is 10.2. The van der Waals surface area contributed by atoms with Crippen LogP contribution < -0.4 is 11.1 Å². The van der Waals surface area contributed by atoms with E-state index in [0.29, 0.717) is 6.54 Å². The average Bonchev–Trinajstić information content (AvgIpc) is 2.38. The Morgan fingerprint density at radius 3 is 2.47 bits per heavy atom. The summed E-state index contributed by atoms with van der Waals surface area (Å²) in [5, 5.41) is 3.34. The zero-order chi connectivity index (χ0) is 12.1. The van der Waals surface area contributed by atoms with Crippen LogP contribution in [0.3, 0.4) is 0 Å². The molecule has 3 heteroatoms. The largest absolute Gasteiger partial charge is 0.379 e. The van der Waals surface area contributed by atoms with E-state index in [-0.39, 0.29) is 0 Å². The van der Waals surface area contributed by atoms with Gasteiger partial charge in [0.1, 0.15) is 0 Å². The van der Waals surface area contributed by atoms with Gasteiger partial charge < -0.3 is 11.1 Å². The molecule has 0 atom stereocenters. The first-order chi connectivity index (χ1) is 8.28. The Morgan fingerprint density at radius 1 is 1.06 bits per heavy atom. The molecule has 0 fully saturated rings. The van der Waals surface area contributed by atoms with E-state index in [2.05, 4.69) is 41.5 Å². The highest BCUT2D eigenvalue weighted by atomic mass is 14.9. The zero-order valence-electron chi connectivity index (χ0n) is 9.98. The molecule has 0 unspecified atom stereocenters. The number of nitrogens with two attached hydrogens (primary N) is 1. The molecular formula is C14H17N3. The lowest BCUT2D eigenvalue weighted by Crippen LogP contribution is -2.05. The van der Waals surface area contributed by atoms with Crippen LogP contribution in [0.1, 0.15) is 17.0 Å². The molecule has 0 spiro atoms. The lowest BCUT2D eigenvalue weighted by molar-refractivity contribution is 0.937. The highest BCUT2D eigenvalue weighted by Crippen LogP contribution is 2.10. The third-order valence-corrected chi connectivity index (χ3v) is 2.60. The SMILES string of the molecule is Cc1ccc(NCc2cccc(CN)n2)cc1. The van der Waals surface area contributed by atoms with Crippen molar-refractivity contribution in [3.63, 3.8) is 0 Å². The van der Waals surface area contributed by atoms with E-state index in [1.807, 2.05) is 18.2 Å². The Balaban J connectivity index is 1.99. The van der Waals surface area contributed by atoms with Crippen molar-refractivity contribution in [1.82, 2.24) is 4.98 Å². The first-order valence-corrected chi connectivity index (χ1v) is 5.73. The molecule has 3 N–H and O–H groups in total. The third-order valence-electron chi connectivity index (χ3n) is 2.60. The van der Waals surface area contributed by atoms with Crippen LogP contribution in [0.2, 0.25) is 0 Å². The molecule has 3 nitrogen and oxygen atoms in total. The predicted molar refractivity (Wildman–Crippen MR) is 70.6 cm³/mol. The fraction of sp³-hybridized carbons (Fsp3) is 0.214. The summed E-state index contributed by atoms with van der Waals surface area (Å²) in [7, 11) is 0. The van der Waals surface area contributed by atoms with Gasteiger partial charge in [0, 0.05) is 12.2 Å². The minimum Gasteiger partial charge on any atom is -0.379 e. The van der Waals surface area contributed by atoms with Crippen molar-refractivity contribution in [1.29, 1.82) is 0 Å². The van der Waals surface area contributed by atoms with Crippen molar-refractivity contribution in [3.05, 3.63) is 59.4 Å². The summed E-state index contributed by atoms with van der Waals surface area (Å²) in [5.74, 6) is 0. The summed E-state index contributed by atoms with van der Waals surface area (Å²) in [5.41, 5.74) is 9.86. The number of nitrogens with one attached hydrogen (secondary N) is 1. The van der Waals surface area contributed by atoms with Crippen LogP contribution in [0.4, 0.5) is 5.69 Å². The maximum absolute atomic E-state index is 5.56. The number of anilines is 1. The smallest absolute Gasteiger partial charge is 0.0598 e. The van der Waals surface area contributed by atoms with Gasteiger partial charge in [0.2, 0.25) is 0 Å². The maximum atomic E-state index is 5.56. The number of aromatic nitrogens is 1. The number of pyridine rings is 1. The summed E-state index contributed by atoms with van der Waals surface area (Å²) < 4.78 is 0. The van der Waals surface area contributed by atoms with E-state index in [4.69, 9.17) is 5.73 Å². The predicted octanol–water partition coefficient (Wildman–Crippen LogP) is 2.46. The Hall–Kier alpha value is -1.87. The number of benzene rings is 1. The number of nitrogens with zero attached hydrogens (tertiary/aromatic N) is 1. The van der Waals surface area contributed by atoms with Crippen LogP contribution in [0.25, 0.3) is 0 Å². The molecular weight excluding hydrogens is 210 g/mol. The molecule has 0 radical (unpaired) electrons. The topological polar surface area (TPSA) is 50.9 Å². The molecule has 0 bridgehead atoms. The van der Waals surface area contributed by atoms with E-state index < -0.39 is 0 Å². The van der Waals surface area contributed by atoms with Gasteiger partial charge in [-0.25, -0.2) is 0 Å². The normalized spacial score (nSPS) is 10.2. The van der Waals surface area contributed by atoms with Crippen LogP contribution >= 0.6 is 0 Å². The molecule has 1 heterocycles. The quantitative estimate of drug-likeness (QED) is 0.843. The molecule has 88 valence electrons. The number of aryl methyl sites for hydroxylation is 1. The summed E-state index contributed by atoms with van der Waals surface area (Å²) in [6.45, 7) is 3.28. The van der Waals surface area contributed by atoms with Gasteiger partial charge in [0.15, 0.2) is 0 Å². The van der Waals surface area contributed by atoms with E-state index >= 15 is 0 Å². The molecule has 0 aliphatic carbocycles. The molecule has 2 aromatic rings. The van der Waals surface area contributed by atoms with Gasteiger partial charge in [0.25, 0.3) is 0 Å². The lowest BCUT2D eigenvalue weighted by Gasteiger charge is -2.07. The third kappa shape index (κ3) is 3.29. The molecule has 0 aliphatic heterocycles. The van der Waals surface area contributed by atoms with Crippen molar-refractivity contribution in [2.75, 3.05) is 5.32 Å². The minimum absolute atomic E-state index is 0.484. The Kier molecular flexibility index (Phi) is 3.73. The van der Waals surface area contributed by atoms with Gasteiger partial charge in [-0.15, -0.1) is 0 Å². The highest BCUT2D eigenvalue weighted by molar-refractivity contribution is 5.44. The molecule has 1 aromatic heterocycles. The van der Waals surface area contributed by atoms with E-state index in [1.165, 1.54) is 5.56 Å². The van der Waals surface area contributed by atoms with Crippen molar-refractivity contribution in [2.24, 2.45) is 5.73 Å². The fourth-order valence-corrected chi connectivity index (χ4v) is 1.61. The van der Waals surface area contributed by atoms with Crippen molar-refractivity contribution >= 4 is 5.69 Å². The summed E-state index contributed by atoms with van der Waals surface area (Å²) >= 11 is 0. The van der Waals surface area contributed by atoms with E-state index in [1.54, 1.807) is 0 Å². The van der Waals surface area contributed by atoms with Crippen LogP contribution in [0, 0.1) is 6.92 Å². The van der Waals surface area contributed by atoms with Crippen LogP contribution in [-0.2, 0) is 13.1 Å². The van der Waals surface area contributed by atoms with Crippen molar-refractivity contribution in [3.8, 4) is 0 Å². The molecule has 0 aliphatic rings.